The van der Waals surface area contributed by atoms with Crippen molar-refractivity contribution in [3.05, 3.63) is 11.6 Å². The number of rotatable bonds is 1. The van der Waals surface area contributed by atoms with E-state index in [4.69, 9.17) is 4.74 Å². The fourth-order valence-corrected chi connectivity index (χ4v) is 2.54. The first-order valence-electron chi connectivity index (χ1n) is 5.08. The van der Waals surface area contributed by atoms with Gasteiger partial charge in [0, 0.05) is 14.2 Å². The van der Waals surface area contributed by atoms with E-state index in [9.17, 15) is 9.59 Å². The van der Waals surface area contributed by atoms with Crippen LogP contribution >= 0.6 is 0 Å². The summed E-state index contributed by atoms with van der Waals surface area (Å²) in [5.41, 5.74) is 1.05. The van der Waals surface area contributed by atoms with Crippen molar-refractivity contribution < 1.29 is 14.3 Å². The molecule has 1 saturated heterocycles. The SMILES string of the molecule is CO[C@@H]1C(C)=CC[C@@H]2C(=O)N(C)C(=O)[C@@H]21. The highest BCUT2D eigenvalue weighted by Crippen LogP contribution is 2.38. The van der Waals surface area contributed by atoms with Gasteiger partial charge in [-0.3, -0.25) is 14.5 Å². The smallest absolute Gasteiger partial charge is 0.235 e. The second kappa shape index (κ2) is 3.45. The van der Waals surface area contributed by atoms with E-state index >= 15 is 0 Å². The van der Waals surface area contributed by atoms with E-state index in [-0.39, 0.29) is 29.8 Å². The Morgan fingerprint density at radius 1 is 1.40 bits per heavy atom. The monoisotopic (exact) mass is 209 g/mol. The van der Waals surface area contributed by atoms with E-state index in [1.54, 1.807) is 14.2 Å². The highest BCUT2D eigenvalue weighted by Gasteiger charge is 2.51. The molecule has 4 heteroatoms. The average molecular weight is 209 g/mol. The molecule has 2 amide bonds. The van der Waals surface area contributed by atoms with Crippen LogP contribution in [0.5, 0.6) is 0 Å². The molecule has 82 valence electrons. The first kappa shape index (κ1) is 10.4. The summed E-state index contributed by atoms with van der Waals surface area (Å²) in [6, 6.07) is 0. The third-order valence-electron chi connectivity index (χ3n) is 3.42. The Bertz CT molecular complexity index is 346. The van der Waals surface area contributed by atoms with E-state index < -0.39 is 0 Å². The molecule has 0 aromatic heterocycles. The summed E-state index contributed by atoms with van der Waals surface area (Å²) in [6.07, 6.45) is 2.43. The molecule has 4 nitrogen and oxygen atoms in total. The zero-order valence-corrected chi connectivity index (χ0v) is 9.19. The van der Waals surface area contributed by atoms with E-state index in [1.165, 1.54) is 4.90 Å². The van der Waals surface area contributed by atoms with Gasteiger partial charge in [-0.1, -0.05) is 6.08 Å². The maximum absolute atomic E-state index is 11.9. The van der Waals surface area contributed by atoms with Gasteiger partial charge in [-0.2, -0.15) is 0 Å². The van der Waals surface area contributed by atoms with Gasteiger partial charge in [-0.15, -0.1) is 0 Å². The molecule has 2 aliphatic rings. The van der Waals surface area contributed by atoms with Crippen LogP contribution in [0.1, 0.15) is 13.3 Å². The number of likely N-dealkylation sites (tertiary alicyclic amines) is 1. The standard InChI is InChI=1S/C11H15NO3/c1-6-4-5-7-8(9(6)15-3)11(14)12(2)10(7)13/h4,7-9H,5H2,1-3H3/t7-,8-,9+/m0/s1. The molecule has 0 spiro atoms. The molecule has 0 saturated carbocycles. The van der Waals surface area contributed by atoms with Gasteiger partial charge < -0.3 is 4.74 Å². The second-order valence-electron chi connectivity index (χ2n) is 4.21. The molecule has 1 aliphatic carbocycles. The minimum absolute atomic E-state index is 0.0733. The Morgan fingerprint density at radius 2 is 2.07 bits per heavy atom. The molecule has 0 bridgehead atoms. The third-order valence-corrected chi connectivity index (χ3v) is 3.42. The predicted molar refractivity (Wildman–Crippen MR) is 53.9 cm³/mol. The summed E-state index contributed by atoms with van der Waals surface area (Å²) < 4.78 is 5.32. The van der Waals surface area contributed by atoms with Gasteiger partial charge >= 0.3 is 0 Å². The normalized spacial score (nSPS) is 35.5. The van der Waals surface area contributed by atoms with Gasteiger partial charge in [0.1, 0.15) is 0 Å². The van der Waals surface area contributed by atoms with Crippen LogP contribution in [-0.4, -0.2) is 37.0 Å². The van der Waals surface area contributed by atoms with Crippen LogP contribution in [0.25, 0.3) is 0 Å². The lowest BCUT2D eigenvalue weighted by molar-refractivity contribution is -0.138. The van der Waals surface area contributed by atoms with Gasteiger partial charge in [-0.25, -0.2) is 0 Å². The number of allylic oxidation sites excluding steroid dienone is 1. The van der Waals surface area contributed by atoms with Crippen molar-refractivity contribution in [2.24, 2.45) is 11.8 Å². The fourth-order valence-electron chi connectivity index (χ4n) is 2.54. The molecule has 0 unspecified atom stereocenters. The summed E-state index contributed by atoms with van der Waals surface area (Å²) in [7, 11) is 3.13. The van der Waals surface area contributed by atoms with Gasteiger partial charge in [0.05, 0.1) is 17.9 Å². The Labute approximate surface area is 88.9 Å². The number of ether oxygens (including phenoxy) is 1. The number of nitrogens with zero attached hydrogens (tertiary/aromatic N) is 1. The van der Waals surface area contributed by atoms with E-state index in [0.717, 1.165) is 5.57 Å². The number of carbonyl (C=O) groups excluding carboxylic acids is 2. The molecule has 0 aromatic rings. The Hall–Kier alpha value is -1.16. The lowest BCUT2D eigenvalue weighted by atomic mass is 9.79. The molecule has 15 heavy (non-hydrogen) atoms. The minimum atomic E-state index is -0.308. The first-order valence-corrected chi connectivity index (χ1v) is 5.08. The summed E-state index contributed by atoms with van der Waals surface area (Å²) in [5.74, 6) is -0.700. The summed E-state index contributed by atoms with van der Waals surface area (Å²) in [5, 5.41) is 0. The Morgan fingerprint density at radius 3 is 2.67 bits per heavy atom. The number of amides is 2. The number of hydrogen-bond donors (Lipinski definition) is 0. The van der Waals surface area contributed by atoms with Crippen LogP contribution in [-0.2, 0) is 14.3 Å². The summed E-state index contributed by atoms with van der Waals surface area (Å²) >= 11 is 0. The van der Waals surface area contributed by atoms with Gasteiger partial charge in [0.25, 0.3) is 0 Å². The topological polar surface area (TPSA) is 46.6 Å². The Balaban J connectivity index is 2.38. The van der Waals surface area contributed by atoms with E-state index in [0.29, 0.717) is 6.42 Å². The van der Waals surface area contributed by atoms with Crippen LogP contribution in [0.3, 0.4) is 0 Å². The summed E-state index contributed by atoms with van der Waals surface area (Å²) in [6.45, 7) is 1.94. The van der Waals surface area contributed by atoms with Gasteiger partial charge in [0.15, 0.2) is 0 Å². The third kappa shape index (κ3) is 1.32. The summed E-state index contributed by atoms with van der Waals surface area (Å²) in [4.78, 5) is 24.8. The molecular weight excluding hydrogens is 194 g/mol. The highest BCUT2D eigenvalue weighted by molar-refractivity contribution is 6.05. The van der Waals surface area contributed by atoms with Gasteiger partial charge in [-0.05, 0) is 18.9 Å². The van der Waals surface area contributed by atoms with Crippen molar-refractivity contribution in [2.45, 2.75) is 19.4 Å². The largest absolute Gasteiger partial charge is 0.376 e. The molecular formula is C11H15NO3. The molecule has 0 N–H and O–H groups in total. The van der Waals surface area contributed by atoms with Crippen LogP contribution in [0, 0.1) is 11.8 Å². The van der Waals surface area contributed by atoms with Crippen molar-refractivity contribution in [1.29, 1.82) is 0 Å². The number of carbonyl (C=O) groups is 2. The van der Waals surface area contributed by atoms with E-state index in [1.807, 2.05) is 13.0 Å². The average Bonchev–Trinajstić information content (AvgIpc) is 2.44. The lowest BCUT2D eigenvalue weighted by Gasteiger charge is -2.28. The molecule has 2 rings (SSSR count). The van der Waals surface area contributed by atoms with Crippen LogP contribution < -0.4 is 0 Å². The molecule has 1 aliphatic heterocycles. The second-order valence-corrected chi connectivity index (χ2v) is 4.21. The van der Waals surface area contributed by atoms with Crippen LogP contribution in [0.2, 0.25) is 0 Å². The lowest BCUT2D eigenvalue weighted by Crippen LogP contribution is -2.36. The zero-order chi connectivity index (χ0) is 11.2. The quantitative estimate of drug-likeness (QED) is 0.469. The van der Waals surface area contributed by atoms with Crippen molar-refractivity contribution in [3.8, 4) is 0 Å². The Kier molecular flexibility index (Phi) is 2.38. The number of fused-ring (bicyclic) bond motifs is 1. The van der Waals surface area contributed by atoms with Crippen molar-refractivity contribution in [3.63, 3.8) is 0 Å². The fraction of sp³-hybridized carbons (Fsp3) is 0.636. The minimum Gasteiger partial charge on any atom is -0.376 e. The number of imide groups is 1. The highest BCUT2D eigenvalue weighted by atomic mass is 16.5. The maximum atomic E-state index is 11.9. The van der Waals surface area contributed by atoms with Crippen molar-refractivity contribution in [1.82, 2.24) is 4.90 Å². The first-order chi connectivity index (χ1) is 7.07. The molecule has 3 atom stereocenters. The zero-order valence-electron chi connectivity index (χ0n) is 9.19. The van der Waals surface area contributed by atoms with Crippen molar-refractivity contribution >= 4 is 11.8 Å². The number of hydrogen-bond acceptors (Lipinski definition) is 3. The van der Waals surface area contributed by atoms with E-state index in [2.05, 4.69) is 0 Å². The predicted octanol–water partition coefficient (Wildman–Crippen LogP) is 0.582. The van der Waals surface area contributed by atoms with Crippen LogP contribution in [0.4, 0.5) is 0 Å². The van der Waals surface area contributed by atoms with Crippen LogP contribution in [0.15, 0.2) is 11.6 Å². The van der Waals surface area contributed by atoms with Gasteiger partial charge in [0.2, 0.25) is 11.8 Å². The maximum Gasteiger partial charge on any atom is 0.235 e. The molecule has 0 aromatic carbocycles. The molecule has 1 fully saturated rings. The molecule has 1 heterocycles. The number of methoxy groups -OCH3 is 1. The molecule has 0 radical (unpaired) electrons. The van der Waals surface area contributed by atoms with Crippen molar-refractivity contribution in [2.75, 3.05) is 14.2 Å².